The lowest BCUT2D eigenvalue weighted by Gasteiger charge is -2.31. The SMILES string of the molecule is O=C(COc1ccc2ccccc2c1)N1CCC(S(=O)(=O)c2ccccc2)CC1. The quantitative estimate of drug-likeness (QED) is 0.645. The molecule has 3 aromatic carbocycles. The van der Waals surface area contributed by atoms with Crippen LogP contribution in [0.2, 0.25) is 0 Å². The summed E-state index contributed by atoms with van der Waals surface area (Å²) in [5, 5.41) is 1.73. The minimum Gasteiger partial charge on any atom is -0.484 e. The minimum absolute atomic E-state index is 0.0472. The molecule has 1 fully saturated rings. The molecule has 6 heteroatoms. The Kier molecular flexibility index (Phi) is 5.53. The molecule has 0 aliphatic carbocycles. The number of carbonyl (C=O) groups excluding carboxylic acids is 1. The average Bonchev–Trinajstić information content (AvgIpc) is 2.78. The Bertz CT molecular complexity index is 1100. The van der Waals surface area contributed by atoms with Crippen LogP contribution >= 0.6 is 0 Å². The number of carbonyl (C=O) groups is 1. The monoisotopic (exact) mass is 409 g/mol. The summed E-state index contributed by atoms with van der Waals surface area (Å²) in [5.74, 6) is 0.535. The van der Waals surface area contributed by atoms with Crippen LogP contribution in [0.3, 0.4) is 0 Å². The third kappa shape index (κ3) is 4.27. The van der Waals surface area contributed by atoms with Crippen molar-refractivity contribution in [3.05, 3.63) is 72.8 Å². The summed E-state index contributed by atoms with van der Waals surface area (Å²) in [7, 11) is -3.36. The van der Waals surface area contributed by atoms with Gasteiger partial charge in [0.05, 0.1) is 10.1 Å². The molecule has 1 aliphatic heterocycles. The molecule has 0 N–H and O–H groups in total. The maximum absolute atomic E-state index is 12.8. The van der Waals surface area contributed by atoms with Gasteiger partial charge in [-0.25, -0.2) is 8.42 Å². The first-order chi connectivity index (χ1) is 14.0. The maximum atomic E-state index is 12.8. The summed E-state index contributed by atoms with van der Waals surface area (Å²) in [5.41, 5.74) is 0. The number of amides is 1. The number of benzene rings is 3. The van der Waals surface area contributed by atoms with Crippen molar-refractivity contribution in [2.24, 2.45) is 0 Å². The van der Waals surface area contributed by atoms with Crippen molar-refractivity contribution in [1.29, 1.82) is 0 Å². The zero-order valence-electron chi connectivity index (χ0n) is 16.0. The first-order valence-corrected chi connectivity index (χ1v) is 11.3. The Balaban J connectivity index is 1.33. The minimum atomic E-state index is -3.36. The molecule has 0 spiro atoms. The summed E-state index contributed by atoms with van der Waals surface area (Å²) in [6.07, 6.45) is 0.887. The summed E-state index contributed by atoms with van der Waals surface area (Å²) in [6.45, 7) is 0.807. The summed E-state index contributed by atoms with van der Waals surface area (Å²) in [6, 6.07) is 22.2. The van der Waals surface area contributed by atoms with Crippen molar-refractivity contribution in [2.45, 2.75) is 23.0 Å². The smallest absolute Gasteiger partial charge is 0.260 e. The van der Waals surface area contributed by atoms with Crippen LogP contribution < -0.4 is 4.74 Å². The number of sulfone groups is 1. The predicted molar refractivity (Wildman–Crippen MR) is 113 cm³/mol. The molecule has 3 aromatic rings. The fourth-order valence-electron chi connectivity index (χ4n) is 3.71. The van der Waals surface area contributed by atoms with Gasteiger partial charge in [-0.2, -0.15) is 0 Å². The first kappa shape index (κ1) is 19.5. The number of nitrogens with zero attached hydrogens (tertiary/aromatic N) is 1. The van der Waals surface area contributed by atoms with Crippen LogP contribution in [-0.4, -0.2) is 44.2 Å². The molecule has 1 saturated heterocycles. The van der Waals surface area contributed by atoms with E-state index >= 15 is 0 Å². The van der Waals surface area contributed by atoms with Crippen molar-refractivity contribution >= 4 is 26.5 Å². The molecule has 150 valence electrons. The van der Waals surface area contributed by atoms with E-state index in [0.717, 1.165) is 10.8 Å². The van der Waals surface area contributed by atoms with E-state index in [4.69, 9.17) is 4.74 Å². The number of ether oxygens (including phenoxy) is 1. The number of hydrogen-bond donors (Lipinski definition) is 0. The number of likely N-dealkylation sites (tertiary alicyclic amines) is 1. The van der Waals surface area contributed by atoms with Crippen molar-refractivity contribution in [3.63, 3.8) is 0 Å². The Morgan fingerprint density at radius 1 is 0.897 bits per heavy atom. The molecule has 0 bridgehead atoms. The van der Waals surface area contributed by atoms with Crippen molar-refractivity contribution in [2.75, 3.05) is 19.7 Å². The Morgan fingerprint density at radius 2 is 1.55 bits per heavy atom. The van der Waals surface area contributed by atoms with Gasteiger partial charge in [-0.3, -0.25) is 4.79 Å². The van der Waals surface area contributed by atoms with Gasteiger partial charge in [0.15, 0.2) is 16.4 Å². The highest BCUT2D eigenvalue weighted by atomic mass is 32.2. The van der Waals surface area contributed by atoms with E-state index in [1.807, 2.05) is 42.5 Å². The highest BCUT2D eigenvalue weighted by Crippen LogP contribution is 2.25. The summed E-state index contributed by atoms with van der Waals surface area (Å²) < 4.78 is 31.2. The predicted octanol–water partition coefficient (Wildman–Crippen LogP) is 3.68. The standard InChI is InChI=1S/C23H23NO4S/c25-23(17-28-20-11-10-18-6-4-5-7-19(18)16-20)24-14-12-22(13-15-24)29(26,27)21-8-2-1-3-9-21/h1-11,16,22H,12-15,17H2. The van der Waals surface area contributed by atoms with Crippen LogP contribution in [0.25, 0.3) is 10.8 Å². The largest absolute Gasteiger partial charge is 0.484 e. The van der Waals surface area contributed by atoms with Crippen LogP contribution in [0.4, 0.5) is 0 Å². The Morgan fingerprint density at radius 3 is 2.28 bits per heavy atom. The van der Waals surface area contributed by atoms with Gasteiger partial charge in [-0.1, -0.05) is 48.5 Å². The van der Waals surface area contributed by atoms with Crippen LogP contribution in [0.15, 0.2) is 77.7 Å². The molecule has 29 heavy (non-hydrogen) atoms. The van der Waals surface area contributed by atoms with E-state index in [1.165, 1.54) is 0 Å². The van der Waals surface area contributed by atoms with Gasteiger partial charge in [0.25, 0.3) is 5.91 Å². The molecule has 1 aliphatic rings. The third-order valence-electron chi connectivity index (χ3n) is 5.39. The third-order valence-corrected chi connectivity index (χ3v) is 7.67. The van der Waals surface area contributed by atoms with E-state index in [1.54, 1.807) is 35.2 Å². The van der Waals surface area contributed by atoms with E-state index in [0.29, 0.717) is 36.6 Å². The highest BCUT2D eigenvalue weighted by Gasteiger charge is 2.32. The van der Waals surface area contributed by atoms with Gasteiger partial charge < -0.3 is 9.64 Å². The molecule has 0 unspecified atom stereocenters. The second kappa shape index (κ2) is 8.25. The Labute approximate surface area is 170 Å². The first-order valence-electron chi connectivity index (χ1n) is 9.72. The topological polar surface area (TPSA) is 63.7 Å². The second-order valence-electron chi connectivity index (χ2n) is 7.24. The molecule has 0 aromatic heterocycles. The fourth-order valence-corrected chi connectivity index (χ4v) is 5.46. The van der Waals surface area contributed by atoms with Crippen LogP contribution in [0, 0.1) is 0 Å². The molecule has 0 radical (unpaired) electrons. The Hall–Kier alpha value is -2.86. The van der Waals surface area contributed by atoms with Crippen molar-refractivity contribution in [3.8, 4) is 5.75 Å². The van der Waals surface area contributed by atoms with Crippen molar-refractivity contribution in [1.82, 2.24) is 4.90 Å². The number of rotatable bonds is 5. The lowest BCUT2D eigenvalue weighted by molar-refractivity contribution is -0.134. The molecule has 0 atom stereocenters. The van der Waals surface area contributed by atoms with Crippen LogP contribution in [0.5, 0.6) is 5.75 Å². The molecule has 4 rings (SSSR count). The average molecular weight is 410 g/mol. The van der Waals surface area contributed by atoms with E-state index in [2.05, 4.69) is 0 Å². The molecule has 0 saturated carbocycles. The van der Waals surface area contributed by atoms with Crippen LogP contribution in [-0.2, 0) is 14.6 Å². The zero-order chi connectivity index (χ0) is 20.3. The number of hydrogen-bond acceptors (Lipinski definition) is 4. The molecular formula is C23H23NO4S. The van der Waals surface area contributed by atoms with Gasteiger partial charge in [0, 0.05) is 13.1 Å². The van der Waals surface area contributed by atoms with Gasteiger partial charge in [-0.15, -0.1) is 0 Å². The van der Waals surface area contributed by atoms with Crippen molar-refractivity contribution < 1.29 is 17.9 Å². The summed E-state index contributed by atoms with van der Waals surface area (Å²) in [4.78, 5) is 14.6. The lowest BCUT2D eigenvalue weighted by Crippen LogP contribution is -2.44. The normalized spacial score (nSPS) is 15.4. The van der Waals surface area contributed by atoms with Gasteiger partial charge in [-0.05, 0) is 47.9 Å². The molecular weight excluding hydrogens is 386 g/mol. The second-order valence-corrected chi connectivity index (χ2v) is 9.46. The summed E-state index contributed by atoms with van der Waals surface area (Å²) >= 11 is 0. The highest BCUT2D eigenvalue weighted by molar-refractivity contribution is 7.92. The van der Waals surface area contributed by atoms with Crippen LogP contribution in [0.1, 0.15) is 12.8 Å². The van der Waals surface area contributed by atoms with E-state index in [-0.39, 0.29) is 12.5 Å². The van der Waals surface area contributed by atoms with Gasteiger partial charge in [0.1, 0.15) is 5.75 Å². The maximum Gasteiger partial charge on any atom is 0.260 e. The lowest BCUT2D eigenvalue weighted by atomic mass is 10.1. The van der Waals surface area contributed by atoms with Gasteiger partial charge >= 0.3 is 0 Å². The van der Waals surface area contributed by atoms with E-state index in [9.17, 15) is 13.2 Å². The molecule has 1 amide bonds. The zero-order valence-corrected chi connectivity index (χ0v) is 16.8. The number of fused-ring (bicyclic) bond motifs is 1. The van der Waals surface area contributed by atoms with E-state index < -0.39 is 15.1 Å². The fraction of sp³-hybridized carbons (Fsp3) is 0.261. The molecule has 1 heterocycles. The van der Waals surface area contributed by atoms with Gasteiger partial charge in [0.2, 0.25) is 0 Å². The molecule has 5 nitrogen and oxygen atoms in total. The number of piperidine rings is 1.